The lowest BCUT2D eigenvalue weighted by molar-refractivity contribution is 0.452. The van der Waals surface area contributed by atoms with Gasteiger partial charge in [-0.1, -0.05) is 13.0 Å². The van der Waals surface area contributed by atoms with Gasteiger partial charge in [0.25, 0.3) is 0 Å². The minimum absolute atomic E-state index is 0.324. The van der Waals surface area contributed by atoms with E-state index in [4.69, 9.17) is 5.73 Å². The van der Waals surface area contributed by atoms with E-state index in [2.05, 4.69) is 31.4 Å². The molecule has 1 rings (SSSR count). The molecule has 2 atom stereocenters. The van der Waals surface area contributed by atoms with Crippen LogP contribution in [0.15, 0.2) is 17.5 Å². The van der Waals surface area contributed by atoms with Crippen molar-refractivity contribution in [3.8, 4) is 0 Å². The van der Waals surface area contributed by atoms with Crippen LogP contribution in [0.25, 0.3) is 0 Å². The van der Waals surface area contributed by atoms with Gasteiger partial charge in [-0.15, -0.1) is 11.3 Å². The highest BCUT2D eigenvalue weighted by Crippen LogP contribution is 2.15. The smallest absolute Gasteiger partial charge is 0.00453 e. The van der Waals surface area contributed by atoms with Crippen molar-refractivity contribution in [1.82, 2.24) is 0 Å². The average Bonchev–Trinajstić information content (AvgIpc) is 2.51. The van der Waals surface area contributed by atoms with Gasteiger partial charge in [0.15, 0.2) is 0 Å². The van der Waals surface area contributed by atoms with Crippen molar-refractivity contribution >= 4 is 11.3 Å². The maximum Gasteiger partial charge on any atom is 0.00453 e. The summed E-state index contributed by atoms with van der Waals surface area (Å²) >= 11 is 1.84. The zero-order valence-corrected chi connectivity index (χ0v) is 8.60. The summed E-state index contributed by atoms with van der Waals surface area (Å²) in [5.74, 6) is 0.632. The van der Waals surface area contributed by atoms with Gasteiger partial charge in [0.2, 0.25) is 0 Å². The molecule has 0 saturated heterocycles. The lowest BCUT2D eigenvalue weighted by atomic mass is 9.98. The second-order valence-electron chi connectivity index (χ2n) is 3.45. The molecule has 1 nitrogen and oxygen atoms in total. The van der Waals surface area contributed by atoms with Crippen LogP contribution in [0.5, 0.6) is 0 Å². The van der Waals surface area contributed by atoms with Crippen molar-refractivity contribution in [2.24, 2.45) is 11.7 Å². The summed E-state index contributed by atoms with van der Waals surface area (Å²) in [6.45, 7) is 4.30. The van der Waals surface area contributed by atoms with Crippen molar-refractivity contribution in [2.45, 2.75) is 32.7 Å². The summed E-state index contributed by atoms with van der Waals surface area (Å²) in [7, 11) is 0. The van der Waals surface area contributed by atoms with Crippen LogP contribution in [0.1, 0.15) is 25.1 Å². The first-order valence-corrected chi connectivity index (χ1v) is 5.36. The van der Waals surface area contributed by atoms with E-state index in [0.717, 1.165) is 0 Å². The lowest BCUT2D eigenvalue weighted by Crippen LogP contribution is -2.24. The minimum Gasteiger partial charge on any atom is -0.328 e. The van der Waals surface area contributed by atoms with E-state index in [1.54, 1.807) is 0 Å². The molecular weight excluding hydrogens is 166 g/mol. The molecule has 1 aromatic heterocycles. The number of hydrogen-bond acceptors (Lipinski definition) is 2. The molecule has 1 aromatic rings. The Morgan fingerprint density at radius 3 is 2.75 bits per heavy atom. The molecule has 68 valence electrons. The maximum absolute atomic E-state index is 5.78. The monoisotopic (exact) mass is 183 g/mol. The standard InChI is InChI=1S/C10H17NS/c1-8(9(2)11)5-6-10-4-3-7-12-10/h3-4,7-9H,5-6,11H2,1-2H3. The molecule has 0 amide bonds. The molecule has 0 spiro atoms. The molecule has 2 N–H and O–H groups in total. The van der Waals surface area contributed by atoms with Gasteiger partial charge in [0.1, 0.15) is 0 Å². The van der Waals surface area contributed by atoms with E-state index in [0.29, 0.717) is 12.0 Å². The van der Waals surface area contributed by atoms with Crippen LogP contribution in [-0.2, 0) is 6.42 Å². The average molecular weight is 183 g/mol. The molecule has 2 heteroatoms. The van der Waals surface area contributed by atoms with Gasteiger partial charge in [0.05, 0.1) is 0 Å². The number of rotatable bonds is 4. The highest BCUT2D eigenvalue weighted by atomic mass is 32.1. The molecule has 1 heterocycles. The molecule has 0 aliphatic carbocycles. The fraction of sp³-hybridized carbons (Fsp3) is 0.600. The first-order valence-electron chi connectivity index (χ1n) is 4.48. The number of nitrogens with two attached hydrogens (primary N) is 1. The molecule has 0 saturated carbocycles. The Hall–Kier alpha value is -0.340. The number of aryl methyl sites for hydroxylation is 1. The van der Waals surface area contributed by atoms with Crippen molar-refractivity contribution in [2.75, 3.05) is 0 Å². The Labute approximate surface area is 78.6 Å². The Morgan fingerprint density at radius 2 is 2.25 bits per heavy atom. The van der Waals surface area contributed by atoms with Gasteiger partial charge in [0, 0.05) is 10.9 Å². The summed E-state index contributed by atoms with van der Waals surface area (Å²) in [5, 5.41) is 2.13. The predicted molar refractivity (Wildman–Crippen MR) is 55.5 cm³/mol. The van der Waals surface area contributed by atoms with Crippen LogP contribution >= 0.6 is 11.3 Å². The van der Waals surface area contributed by atoms with Gasteiger partial charge in [-0.2, -0.15) is 0 Å². The third-order valence-corrected chi connectivity index (χ3v) is 3.26. The molecule has 2 unspecified atom stereocenters. The SMILES string of the molecule is CC(N)C(C)CCc1cccs1. The fourth-order valence-electron chi connectivity index (χ4n) is 1.09. The van der Waals surface area contributed by atoms with Crippen LogP contribution in [-0.4, -0.2) is 6.04 Å². The quantitative estimate of drug-likeness (QED) is 0.763. The molecule has 0 bridgehead atoms. The maximum atomic E-state index is 5.78. The van der Waals surface area contributed by atoms with Crippen LogP contribution in [0, 0.1) is 5.92 Å². The van der Waals surface area contributed by atoms with E-state index in [9.17, 15) is 0 Å². The molecule has 0 fully saturated rings. The minimum atomic E-state index is 0.324. The Morgan fingerprint density at radius 1 is 1.50 bits per heavy atom. The Bertz CT molecular complexity index is 204. The van der Waals surface area contributed by atoms with Crippen LogP contribution < -0.4 is 5.73 Å². The van der Waals surface area contributed by atoms with Gasteiger partial charge in [-0.05, 0) is 37.1 Å². The summed E-state index contributed by atoms with van der Waals surface area (Å²) in [6.07, 6.45) is 2.39. The van der Waals surface area contributed by atoms with E-state index >= 15 is 0 Å². The second-order valence-corrected chi connectivity index (χ2v) is 4.49. The second kappa shape index (κ2) is 4.63. The van der Waals surface area contributed by atoms with Gasteiger partial charge in [-0.25, -0.2) is 0 Å². The van der Waals surface area contributed by atoms with Gasteiger partial charge in [-0.3, -0.25) is 0 Å². The third kappa shape index (κ3) is 2.95. The summed E-state index contributed by atoms with van der Waals surface area (Å²) < 4.78 is 0. The molecule has 0 aliphatic heterocycles. The molecule has 12 heavy (non-hydrogen) atoms. The predicted octanol–water partition coefficient (Wildman–Crippen LogP) is 2.66. The van der Waals surface area contributed by atoms with E-state index < -0.39 is 0 Å². The molecule has 0 radical (unpaired) electrons. The largest absolute Gasteiger partial charge is 0.328 e. The zero-order chi connectivity index (χ0) is 8.97. The van der Waals surface area contributed by atoms with Gasteiger partial charge < -0.3 is 5.73 Å². The van der Waals surface area contributed by atoms with Crippen molar-refractivity contribution in [3.63, 3.8) is 0 Å². The topological polar surface area (TPSA) is 26.0 Å². The summed E-state index contributed by atoms with van der Waals surface area (Å²) in [5.41, 5.74) is 5.78. The third-order valence-electron chi connectivity index (χ3n) is 2.32. The normalized spacial score (nSPS) is 15.9. The Balaban J connectivity index is 2.27. The van der Waals surface area contributed by atoms with Crippen LogP contribution in [0.3, 0.4) is 0 Å². The van der Waals surface area contributed by atoms with Crippen molar-refractivity contribution < 1.29 is 0 Å². The van der Waals surface area contributed by atoms with Crippen molar-refractivity contribution in [1.29, 1.82) is 0 Å². The molecule has 0 aromatic carbocycles. The number of thiophene rings is 1. The van der Waals surface area contributed by atoms with Gasteiger partial charge >= 0.3 is 0 Å². The first kappa shape index (κ1) is 9.75. The zero-order valence-electron chi connectivity index (χ0n) is 7.79. The van der Waals surface area contributed by atoms with E-state index in [1.165, 1.54) is 17.7 Å². The van der Waals surface area contributed by atoms with E-state index in [1.807, 2.05) is 11.3 Å². The Kier molecular flexibility index (Phi) is 3.76. The van der Waals surface area contributed by atoms with Crippen LogP contribution in [0.2, 0.25) is 0 Å². The summed E-state index contributed by atoms with van der Waals surface area (Å²) in [4.78, 5) is 1.47. The van der Waals surface area contributed by atoms with Crippen molar-refractivity contribution in [3.05, 3.63) is 22.4 Å². The summed E-state index contributed by atoms with van der Waals surface area (Å²) in [6, 6.07) is 4.62. The highest BCUT2D eigenvalue weighted by molar-refractivity contribution is 7.09. The van der Waals surface area contributed by atoms with E-state index in [-0.39, 0.29) is 0 Å². The van der Waals surface area contributed by atoms with Crippen LogP contribution in [0.4, 0.5) is 0 Å². The lowest BCUT2D eigenvalue weighted by Gasteiger charge is -2.14. The fourth-order valence-corrected chi connectivity index (χ4v) is 1.81. The molecule has 0 aliphatic rings. The number of hydrogen-bond donors (Lipinski definition) is 1. The first-order chi connectivity index (χ1) is 5.70. The highest BCUT2D eigenvalue weighted by Gasteiger charge is 2.07. The molecular formula is C10H17NS.